The molecule has 1 atom stereocenters. The highest BCUT2D eigenvalue weighted by Gasteiger charge is 2.18. The standard InChI is InChI=1S/C14H20FNO/c1-17-14-6-4-11-3-5-13(9-12(11)10-14)16-8-2-7-15/h4,6,10,13,16H,2-3,5,7-9H2,1H3. The normalized spacial score (nSPS) is 18.8. The molecule has 0 amide bonds. The van der Waals surface area contributed by atoms with Crippen LogP contribution in [-0.2, 0) is 12.8 Å². The van der Waals surface area contributed by atoms with E-state index in [1.165, 1.54) is 11.1 Å². The molecule has 1 aliphatic carbocycles. The number of halogens is 1. The zero-order chi connectivity index (χ0) is 12.1. The quantitative estimate of drug-likeness (QED) is 0.794. The van der Waals surface area contributed by atoms with Crippen molar-refractivity contribution >= 4 is 0 Å². The smallest absolute Gasteiger partial charge is 0.119 e. The molecule has 0 saturated heterocycles. The summed E-state index contributed by atoms with van der Waals surface area (Å²) < 4.78 is 17.3. The van der Waals surface area contributed by atoms with Gasteiger partial charge in [-0.2, -0.15) is 0 Å². The van der Waals surface area contributed by atoms with Gasteiger partial charge in [-0.05, 0) is 55.5 Å². The maximum atomic E-state index is 12.0. The van der Waals surface area contributed by atoms with Gasteiger partial charge in [0.15, 0.2) is 0 Å². The Kier molecular flexibility index (Phi) is 4.37. The lowest BCUT2D eigenvalue weighted by Gasteiger charge is -2.25. The molecule has 0 heterocycles. The lowest BCUT2D eigenvalue weighted by atomic mass is 9.88. The van der Waals surface area contributed by atoms with Crippen LogP contribution in [0.4, 0.5) is 4.39 Å². The van der Waals surface area contributed by atoms with Gasteiger partial charge in [-0.3, -0.25) is 4.39 Å². The average molecular weight is 237 g/mol. The molecule has 0 aliphatic heterocycles. The monoisotopic (exact) mass is 237 g/mol. The topological polar surface area (TPSA) is 21.3 Å². The molecule has 2 rings (SSSR count). The van der Waals surface area contributed by atoms with Gasteiger partial charge in [-0.1, -0.05) is 6.07 Å². The Balaban J connectivity index is 1.96. The first kappa shape index (κ1) is 12.4. The number of rotatable bonds is 5. The molecule has 2 nitrogen and oxygen atoms in total. The minimum atomic E-state index is -0.232. The van der Waals surface area contributed by atoms with E-state index in [0.29, 0.717) is 12.5 Å². The summed E-state index contributed by atoms with van der Waals surface area (Å²) in [4.78, 5) is 0. The summed E-state index contributed by atoms with van der Waals surface area (Å²) in [7, 11) is 1.70. The minimum Gasteiger partial charge on any atom is -0.497 e. The molecule has 0 spiro atoms. The number of methoxy groups -OCH3 is 1. The van der Waals surface area contributed by atoms with Crippen molar-refractivity contribution in [2.24, 2.45) is 0 Å². The highest BCUT2D eigenvalue weighted by atomic mass is 19.1. The van der Waals surface area contributed by atoms with Crippen LogP contribution in [0.1, 0.15) is 24.0 Å². The van der Waals surface area contributed by atoms with Crippen LogP contribution in [0.2, 0.25) is 0 Å². The summed E-state index contributed by atoms with van der Waals surface area (Å²) in [5, 5.41) is 3.42. The van der Waals surface area contributed by atoms with E-state index >= 15 is 0 Å². The van der Waals surface area contributed by atoms with Crippen LogP contribution in [0.25, 0.3) is 0 Å². The van der Waals surface area contributed by atoms with Gasteiger partial charge in [0, 0.05) is 6.04 Å². The molecule has 1 aromatic rings. The van der Waals surface area contributed by atoms with Gasteiger partial charge in [-0.25, -0.2) is 0 Å². The predicted molar refractivity (Wildman–Crippen MR) is 67.4 cm³/mol. The first-order valence-corrected chi connectivity index (χ1v) is 6.28. The Bertz CT molecular complexity index is 367. The van der Waals surface area contributed by atoms with Crippen LogP contribution in [0.3, 0.4) is 0 Å². The molecule has 1 aromatic carbocycles. The number of benzene rings is 1. The van der Waals surface area contributed by atoms with Crippen molar-refractivity contribution in [2.75, 3.05) is 20.3 Å². The van der Waals surface area contributed by atoms with E-state index in [9.17, 15) is 4.39 Å². The second-order valence-electron chi connectivity index (χ2n) is 4.57. The van der Waals surface area contributed by atoms with Crippen LogP contribution in [0, 0.1) is 0 Å². The van der Waals surface area contributed by atoms with E-state index in [-0.39, 0.29) is 6.67 Å². The Labute approximate surface area is 102 Å². The molecular weight excluding hydrogens is 217 g/mol. The second kappa shape index (κ2) is 6.01. The van der Waals surface area contributed by atoms with Gasteiger partial charge in [0.1, 0.15) is 5.75 Å². The zero-order valence-electron chi connectivity index (χ0n) is 10.3. The fourth-order valence-electron chi connectivity index (χ4n) is 2.41. The van der Waals surface area contributed by atoms with E-state index in [4.69, 9.17) is 4.74 Å². The van der Waals surface area contributed by atoms with Gasteiger partial charge in [0.05, 0.1) is 13.8 Å². The number of nitrogens with one attached hydrogen (secondary N) is 1. The first-order valence-electron chi connectivity index (χ1n) is 6.28. The van der Waals surface area contributed by atoms with E-state index in [1.807, 2.05) is 6.07 Å². The van der Waals surface area contributed by atoms with Gasteiger partial charge < -0.3 is 10.1 Å². The molecule has 0 saturated carbocycles. The van der Waals surface area contributed by atoms with Crippen molar-refractivity contribution in [2.45, 2.75) is 31.7 Å². The molecule has 1 unspecified atom stereocenters. The third kappa shape index (κ3) is 3.19. The average Bonchev–Trinajstić information content (AvgIpc) is 2.38. The molecule has 1 N–H and O–H groups in total. The largest absolute Gasteiger partial charge is 0.497 e. The van der Waals surface area contributed by atoms with Crippen molar-refractivity contribution in [3.8, 4) is 5.75 Å². The molecule has 1 aliphatic rings. The second-order valence-corrected chi connectivity index (χ2v) is 4.57. The molecule has 0 fully saturated rings. The maximum absolute atomic E-state index is 12.0. The molecule has 3 heteroatoms. The number of ether oxygens (including phenoxy) is 1. The molecule has 17 heavy (non-hydrogen) atoms. The van der Waals surface area contributed by atoms with Crippen LogP contribution in [0.15, 0.2) is 18.2 Å². The lowest BCUT2D eigenvalue weighted by molar-refractivity contribution is 0.405. The molecular formula is C14H20FNO. The van der Waals surface area contributed by atoms with Gasteiger partial charge in [0.2, 0.25) is 0 Å². The fourth-order valence-corrected chi connectivity index (χ4v) is 2.41. The first-order chi connectivity index (χ1) is 8.33. The summed E-state index contributed by atoms with van der Waals surface area (Å²) >= 11 is 0. The van der Waals surface area contributed by atoms with Gasteiger partial charge in [0.25, 0.3) is 0 Å². The van der Waals surface area contributed by atoms with Crippen molar-refractivity contribution < 1.29 is 9.13 Å². The zero-order valence-corrected chi connectivity index (χ0v) is 10.3. The number of alkyl halides is 1. The predicted octanol–water partition coefficient (Wildman–Crippen LogP) is 2.50. The van der Waals surface area contributed by atoms with E-state index < -0.39 is 0 Å². The SMILES string of the molecule is COc1ccc2c(c1)CC(NCCCF)CC2. The fraction of sp³-hybridized carbons (Fsp3) is 0.571. The van der Waals surface area contributed by atoms with Crippen LogP contribution in [0.5, 0.6) is 5.75 Å². The molecule has 94 valence electrons. The van der Waals surface area contributed by atoms with E-state index in [0.717, 1.165) is 31.6 Å². The summed E-state index contributed by atoms with van der Waals surface area (Å²) in [5.41, 5.74) is 2.79. The Morgan fingerprint density at radius 1 is 1.41 bits per heavy atom. The third-order valence-electron chi connectivity index (χ3n) is 3.39. The number of hydrogen-bond acceptors (Lipinski definition) is 2. The number of fused-ring (bicyclic) bond motifs is 1. The van der Waals surface area contributed by atoms with Crippen molar-refractivity contribution in [1.29, 1.82) is 0 Å². The third-order valence-corrected chi connectivity index (χ3v) is 3.39. The van der Waals surface area contributed by atoms with Gasteiger partial charge >= 0.3 is 0 Å². The summed E-state index contributed by atoms with van der Waals surface area (Å²) in [6.07, 6.45) is 3.89. The molecule has 0 aromatic heterocycles. The Morgan fingerprint density at radius 3 is 3.06 bits per heavy atom. The summed E-state index contributed by atoms with van der Waals surface area (Å²) in [6.45, 7) is 0.546. The van der Waals surface area contributed by atoms with Crippen LogP contribution in [-0.4, -0.2) is 26.4 Å². The Hall–Kier alpha value is -1.09. The van der Waals surface area contributed by atoms with Crippen molar-refractivity contribution in [3.05, 3.63) is 29.3 Å². The Morgan fingerprint density at radius 2 is 2.29 bits per heavy atom. The molecule has 0 bridgehead atoms. The van der Waals surface area contributed by atoms with Crippen molar-refractivity contribution in [1.82, 2.24) is 5.32 Å². The van der Waals surface area contributed by atoms with Crippen LogP contribution >= 0.6 is 0 Å². The highest BCUT2D eigenvalue weighted by Crippen LogP contribution is 2.25. The van der Waals surface area contributed by atoms with E-state index in [2.05, 4.69) is 17.4 Å². The van der Waals surface area contributed by atoms with E-state index in [1.54, 1.807) is 7.11 Å². The summed E-state index contributed by atoms with van der Waals surface area (Å²) in [6, 6.07) is 6.79. The number of aryl methyl sites for hydroxylation is 1. The molecule has 0 radical (unpaired) electrons. The maximum Gasteiger partial charge on any atom is 0.119 e. The minimum absolute atomic E-state index is 0.232. The summed E-state index contributed by atoms with van der Waals surface area (Å²) in [5.74, 6) is 0.924. The number of hydrogen-bond donors (Lipinski definition) is 1. The van der Waals surface area contributed by atoms with Crippen LogP contribution < -0.4 is 10.1 Å². The van der Waals surface area contributed by atoms with Crippen molar-refractivity contribution in [3.63, 3.8) is 0 Å². The highest BCUT2D eigenvalue weighted by molar-refractivity contribution is 5.37. The van der Waals surface area contributed by atoms with Gasteiger partial charge in [-0.15, -0.1) is 0 Å². The lowest BCUT2D eigenvalue weighted by Crippen LogP contribution is -2.35.